The maximum atomic E-state index is 11.4. The highest BCUT2D eigenvalue weighted by atomic mass is 32.2. The second-order valence-corrected chi connectivity index (χ2v) is 9.55. The zero-order valence-corrected chi connectivity index (χ0v) is 17.4. The molecule has 9 heteroatoms. The summed E-state index contributed by atoms with van der Waals surface area (Å²) < 4.78 is 25.4. The molecule has 4 rings (SSSR count). The van der Waals surface area contributed by atoms with Crippen LogP contribution in [0, 0.1) is 0 Å². The fourth-order valence-corrected chi connectivity index (χ4v) is 5.05. The van der Waals surface area contributed by atoms with E-state index in [0.717, 1.165) is 17.6 Å². The molecule has 0 saturated carbocycles. The minimum atomic E-state index is -3.32. The van der Waals surface area contributed by atoms with Gasteiger partial charge in [-0.05, 0) is 60.1 Å². The molecule has 0 spiro atoms. The van der Waals surface area contributed by atoms with Gasteiger partial charge in [0.2, 0.25) is 10.0 Å². The van der Waals surface area contributed by atoms with Gasteiger partial charge in [-0.2, -0.15) is 0 Å². The molecule has 28 heavy (non-hydrogen) atoms. The standard InChI is InChI=1S/C19H18N4O2S3/c1-28(24,25)22-13-7-9-14(10-8-13)23-18(16-6-4-12-27-16)17(21-19(23)26)15-5-2-3-11-20-15/h2-12,17-18,22H,1H3,(H,21,26)/t17-,18-/m0/s1. The minimum absolute atomic E-state index is 0.0453. The molecule has 6 nitrogen and oxygen atoms in total. The summed E-state index contributed by atoms with van der Waals surface area (Å²) in [5.41, 5.74) is 2.31. The lowest BCUT2D eigenvalue weighted by molar-refractivity contribution is 0.575. The molecular formula is C19H18N4O2S3. The summed E-state index contributed by atoms with van der Waals surface area (Å²) >= 11 is 7.32. The van der Waals surface area contributed by atoms with Crippen LogP contribution in [-0.4, -0.2) is 24.8 Å². The third-order valence-electron chi connectivity index (χ3n) is 4.38. The third-order valence-corrected chi connectivity index (χ3v) is 6.25. The Labute approximate surface area is 173 Å². The van der Waals surface area contributed by atoms with Gasteiger partial charge in [0.25, 0.3) is 0 Å². The van der Waals surface area contributed by atoms with Gasteiger partial charge in [-0.25, -0.2) is 8.42 Å². The number of hydrogen-bond donors (Lipinski definition) is 2. The highest BCUT2D eigenvalue weighted by Gasteiger charge is 2.41. The second kappa shape index (κ2) is 7.50. The van der Waals surface area contributed by atoms with Crippen molar-refractivity contribution in [1.29, 1.82) is 0 Å². The number of benzene rings is 1. The monoisotopic (exact) mass is 430 g/mol. The average molecular weight is 431 g/mol. The molecule has 2 atom stereocenters. The minimum Gasteiger partial charge on any atom is -0.351 e. The molecule has 0 radical (unpaired) electrons. The molecule has 2 N–H and O–H groups in total. The van der Waals surface area contributed by atoms with E-state index >= 15 is 0 Å². The molecule has 0 aliphatic carbocycles. The number of nitrogens with one attached hydrogen (secondary N) is 2. The molecule has 0 bridgehead atoms. The highest BCUT2D eigenvalue weighted by Crippen LogP contribution is 2.43. The molecule has 2 aromatic heterocycles. The van der Waals surface area contributed by atoms with Gasteiger partial charge in [0, 0.05) is 22.4 Å². The SMILES string of the molecule is CS(=O)(=O)Nc1ccc(N2C(=S)N[C@@H](c3ccccn3)[C@@H]2c2cccs2)cc1. The van der Waals surface area contributed by atoms with Crippen molar-refractivity contribution in [2.45, 2.75) is 12.1 Å². The van der Waals surface area contributed by atoms with Crippen LogP contribution in [0.3, 0.4) is 0 Å². The largest absolute Gasteiger partial charge is 0.351 e. The first-order chi connectivity index (χ1) is 13.4. The molecule has 1 aliphatic rings. The quantitative estimate of drug-likeness (QED) is 0.602. The van der Waals surface area contributed by atoms with E-state index in [1.54, 1.807) is 29.7 Å². The first-order valence-electron chi connectivity index (χ1n) is 8.54. The second-order valence-electron chi connectivity index (χ2n) is 6.43. The van der Waals surface area contributed by atoms with Crippen LogP contribution in [0.1, 0.15) is 22.7 Å². The van der Waals surface area contributed by atoms with Crippen molar-refractivity contribution in [2.75, 3.05) is 15.9 Å². The lowest BCUT2D eigenvalue weighted by Crippen LogP contribution is -2.29. The van der Waals surface area contributed by atoms with Crippen molar-refractivity contribution < 1.29 is 8.42 Å². The number of hydrogen-bond acceptors (Lipinski definition) is 5. The van der Waals surface area contributed by atoms with E-state index in [2.05, 4.69) is 26.0 Å². The van der Waals surface area contributed by atoms with E-state index < -0.39 is 10.0 Å². The molecule has 3 aromatic rings. The number of anilines is 2. The predicted octanol–water partition coefficient (Wildman–Crippen LogP) is 3.69. The van der Waals surface area contributed by atoms with Crippen molar-refractivity contribution in [3.05, 3.63) is 76.7 Å². The van der Waals surface area contributed by atoms with Crippen LogP contribution in [0.5, 0.6) is 0 Å². The Balaban J connectivity index is 1.71. The fourth-order valence-electron chi connectivity index (χ4n) is 3.29. The summed E-state index contributed by atoms with van der Waals surface area (Å²) in [7, 11) is -3.32. The number of sulfonamides is 1. The van der Waals surface area contributed by atoms with Gasteiger partial charge in [-0.1, -0.05) is 12.1 Å². The lowest BCUT2D eigenvalue weighted by atomic mass is 10.0. The number of nitrogens with zero attached hydrogens (tertiary/aromatic N) is 2. The summed E-state index contributed by atoms with van der Waals surface area (Å²) in [6.45, 7) is 0. The number of pyridine rings is 1. The van der Waals surface area contributed by atoms with Crippen LogP contribution in [-0.2, 0) is 10.0 Å². The van der Waals surface area contributed by atoms with Gasteiger partial charge in [-0.15, -0.1) is 11.3 Å². The first kappa shape index (κ1) is 18.9. The van der Waals surface area contributed by atoms with Crippen LogP contribution in [0.2, 0.25) is 0 Å². The highest BCUT2D eigenvalue weighted by molar-refractivity contribution is 7.92. The third kappa shape index (κ3) is 3.87. The van der Waals surface area contributed by atoms with Crippen LogP contribution < -0.4 is 14.9 Å². The van der Waals surface area contributed by atoms with Crippen LogP contribution in [0.4, 0.5) is 11.4 Å². The summed E-state index contributed by atoms with van der Waals surface area (Å²) in [6.07, 6.45) is 2.91. The Morgan fingerprint density at radius 1 is 1.14 bits per heavy atom. The van der Waals surface area contributed by atoms with Crippen molar-refractivity contribution >= 4 is 50.1 Å². The van der Waals surface area contributed by atoms with Crippen LogP contribution in [0.15, 0.2) is 66.2 Å². The molecule has 1 aliphatic heterocycles. The molecule has 144 valence electrons. The lowest BCUT2D eigenvalue weighted by Gasteiger charge is -2.27. The molecular weight excluding hydrogens is 412 g/mol. The average Bonchev–Trinajstić information content (AvgIpc) is 3.29. The van der Waals surface area contributed by atoms with Crippen LogP contribution in [0.25, 0.3) is 0 Å². The van der Waals surface area contributed by atoms with Crippen molar-refractivity contribution in [2.24, 2.45) is 0 Å². The Morgan fingerprint density at radius 3 is 2.54 bits per heavy atom. The number of aromatic nitrogens is 1. The van der Waals surface area contributed by atoms with Gasteiger partial charge in [-0.3, -0.25) is 9.71 Å². The Morgan fingerprint density at radius 2 is 1.93 bits per heavy atom. The first-order valence-corrected chi connectivity index (χ1v) is 11.7. The number of thiophene rings is 1. The van der Waals surface area contributed by atoms with Gasteiger partial charge < -0.3 is 10.2 Å². The summed E-state index contributed by atoms with van der Waals surface area (Å²) in [5, 5.41) is 6.05. The summed E-state index contributed by atoms with van der Waals surface area (Å²) in [4.78, 5) is 7.75. The molecule has 1 aromatic carbocycles. The maximum Gasteiger partial charge on any atom is 0.229 e. The van der Waals surface area contributed by atoms with Crippen molar-refractivity contribution in [3.63, 3.8) is 0 Å². The van der Waals surface area contributed by atoms with Crippen molar-refractivity contribution in [3.8, 4) is 0 Å². The van der Waals surface area contributed by atoms with E-state index in [1.807, 2.05) is 41.8 Å². The molecule has 0 unspecified atom stereocenters. The van der Waals surface area contributed by atoms with E-state index in [9.17, 15) is 8.42 Å². The topological polar surface area (TPSA) is 74.3 Å². The van der Waals surface area contributed by atoms with Gasteiger partial charge >= 0.3 is 0 Å². The zero-order valence-electron chi connectivity index (χ0n) is 14.9. The fraction of sp³-hybridized carbons (Fsp3) is 0.158. The van der Waals surface area contributed by atoms with Gasteiger partial charge in [0.1, 0.15) is 0 Å². The molecule has 1 saturated heterocycles. The molecule has 0 amide bonds. The zero-order chi connectivity index (χ0) is 19.7. The Bertz CT molecular complexity index is 1070. The normalized spacial score (nSPS) is 19.5. The maximum absolute atomic E-state index is 11.4. The van der Waals surface area contributed by atoms with E-state index in [1.165, 1.54) is 4.88 Å². The van der Waals surface area contributed by atoms with Crippen LogP contribution >= 0.6 is 23.6 Å². The smallest absolute Gasteiger partial charge is 0.229 e. The Kier molecular flexibility index (Phi) is 5.05. The summed E-state index contributed by atoms with van der Waals surface area (Å²) in [5.74, 6) is 0. The van der Waals surface area contributed by atoms with Crippen molar-refractivity contribution in [1.82, 2.24) is 10.3 Å². The summed E-state index contributed by atoms with van der Waals surface area (Å²) in [6, 6.07) is 17.0. The predicted molar refractivity (Wildman–Crippen MR) is 117 cm³/mol. The Hall–Kier alpha value is -2.49. The van der Waals surface area contributed by atoms with E-state index in [0.29, 0.717) is 10.8 Å². The van der Waals surface area contributed by atoms with E-state index in [4.69, 9.17) is 12.2 Å². The molecule has 3 heterocycles. The number of thiocarbonyl (C=S) groups is 1. The van der Waals surface area contributed by atoms with Gasteiger partial charge in [0.05, 0.1) is 24.0 Å². The number of rotatable bonds is 5. The van der Waals surface area contributed by atoms with Gasteiger partial charge in [0.15, 0.2) is 5.11 Å². The van der Waals surface area contributed by atoms with E-state index in [-0.39, 0.29) is 12.1 Å². The molecule has 1 fully saturated rings.